The van der Waals surface area contributed by atoms with Crippen LogP contribution in [0.2, 0.25) is 0 Å². The van der Waals surface area contributed by atoms with Crippen LogP contribution in [0.5, 0.6) is 5.75 Å². The van der Waals surface area contributed by atoms with Crippen LogP contribution in [-0.4, -0.2) is 109 Å². The van der Waals surface area contributed by atoms with Crippen molar-refractivity contribution in [2.45, 2.75) is 90.2 Å². The largest absolute Gasteiger partial charge is 0.507 e. The molecule has 56 heavy (non-hydrogen) atoms. The van der Waals surface area contributed by atoms with Crippen LogP contribution >= 0.6 is 11.3 Å². The number of hydrogen-bond acceptors (Lipinski definition) is 12. The van der Waals surface area contributed by atoms with Gasteiger partial charge in [-0.2, -0.15) is 0 Å². The predicted molar refractivity (Wildman–Crippen MR) is 216 cm³/mol. The molecule has 5 heterocycles. The van der Waals surface area contributed by atoms with Crippen LogP contribution in [0, 0.1) is 12.3 Å². The van der Waals surface area contributed by atoms with E-state index in [1.54, 1.807) is 29.5 Å². The average molecular weight is 782 g/mol. The molecule has 15 heteroatoms. The molecular weight excluding hydrogens is 731 g/mol. The van der Waals surface area contributed by atoms with Crippen LogP contribution < -0.4 is 21.3 Å². The highest BCUT2D eigenvalue weighted by Gasteiger charge is 2.46. The summed E-state index contributed by atoms with van der Waals surface area (Å²) in [5, 5.41) is 35.6. The molecular formula is C41H51N9O5S. The third kappa shape index (κ3) is 8.06. The number of nitrogen functional groups attached to an aromatic ring is 1. The lowest BCUT2D eigenvalue weighted by Gasteiger charge is -2.42. The highest BCUT2D eigenvalue weighted by Crippen LogP contribution is 2.37. The molecule has 7 rings (SSSR count). The minimum absolute atomic E-state index is 0.00134. The molecule has 0 radical (unpaired) electrons. The molecule has 2 aromatic carbocycles. The number of aliphatic hydroxyl groups excluding tert-OH is 1. The van der Waals surface area contributed by atoms with Crippen molar-refractivity contribution in [3.63, 3.8) is 0 Å². The lowest BCUT2D eigenvalue weighted by atomic mass is 9.85. The number of carbonyl (C=O) groups excluding carboxylic acids is 3. The summed E-state index contributed by atoms with van der Waals surface area (Å²) in [5.74, 6) is -0.618. The molecule has 0 spiro atoms. The highest BCUT2D eigenvalue weighted by molar-refractivity contribution is 7.13. The van der Waals surface area contributed by atoms with Crippen molar-refractivity contribution in [1.82, 2.24) is 35.6 Å². The number of aliphatic hydroxyl groups is 1. The van der Waals surface area contributed by atoms with Gasteiger partial charge in [0.1, 0.15) is 17.8 Å². The molecule has 4 aromatic rings. The first-order valence-electron chi connectivity index (χ1n) is 19.2. The van der Waals surface area contributed by atoms with Crippen LogP contribution in [0.25, 0.3) is 21.7 Å². The van der Waals surface area contributed by atoms with E-state index in [9.17, 15) is 24.6 Å². The standard InChI is InChI=1S/C41H51N9O5S/c1-23(25-10-12-26(13-11-25)36-24(2)43-22-56-36)44-39(54)33-16-29(51)20-50(33)40(55)37(41(3,4)5)45-35(53)21-49-27-14-15-28(49)19-48(18-27)32-17-31(46-47-38(32)42)30-8-6-7-9-34(30)52/h6-13,17,22-23,27-29,33,37,51-52H,14-16,18-21H2,1-5H3,(H2,42,47)(H,44,54)(H,45,53)/t23?,27?,28?,29-,33+,37?/m1/s1. The van der Waals surface area contributed by atoms with Gasteiger partial charge in [0.05, 0.1) is 46.2 Å². The zero-order chi connectivity index (χ0) is 39.9. The van der Waals surface area contributed by atoms with Crippen LogP contribution in [-0.2, 0) is 14.4 Å². The lowest BCUT2D eigenvalue weighted by molar-refractivity contribution is -0.144. The van der Waals surface area contributed by atoms with E-state index in [2.05, 4.69) is 35.6 Å². The number of amides is 3. The average Bonchev–Trinajstić information content (AvgIpc) is 3.83. The number of aromatic nitrogens is 3. The smallest absolute Gasteiger partial charge is 0.246 e. The molecule has 6 N–H and O–H groups in total. The van der Waals surface area contributed by atoms with Gasteiger partial charge in [-0.1, -0.05) is 57.2 Å². The van der Waals surface area contributed by atoms with E-state index in [1.807, 2.05) is 76.5 Å². The van der Waals surface area contributed by atoms with Crippen molar-refractivity contribution in [1.29, 1.82) is 0 Å². The van der Waals surface area contributed by atoms with E-state index < -0.39 is 29.5 Å². The van der Waals surface area contributed by atoms with Crippen LogP contribution in [0.1, 0.15) is 64.3 Å². The molecule has 2 bridgehead atoms. The lowest BCUT2D eigenvalue weighted by Crippen LogP contribution is -2.60. The summed E-state index contributed by atoms with van der Waals surface area (Å²) in [6.07, 6.45) is 1.04. The van der Waals surface area contributed by atoms with Crippen LogP contribution in [0.4, 0.5) is 11.5 Å². The van der Waals surface area contributed by atoms with Gasteiger partial charge in [-0.25, -0.2) is 4.98 Å². The number of nitrogens with one attached hydrogen (secondary N) is 2. The number of aromatic hydroxyl groups is 1. The number of nitrogens with zero attached hydrogens (tertiary/aromatic N) is 6. The molecule has 4 unspecified atom stereocenters. The fraction of sp³-hybridized carbons (Fsp3) is 0.463. The molecule has 3 saturated heterocycles. The molecule has 3 fully saturated rings. The summed E-state index contributed by atoms with van der Waals surface area (Å²) in [6, 6.07) is 14.8. The van der Waals surface area contributed by atoms with Crippen LogP contribution in [0.15, 0.2) is 60.1 Å². The van der Waals surface area contributed by atoms with Gasteiger partial charge in [0.2, 0.25) is 17.7 Å². The number of phenolic OH excluding ortho intramolecular Hbond substituents is 1. The maximum Gasteiger partial charge on any atom is 0.246 e. The van der Waals surface area contributed by atoms with Gasteiger partial charge in [-0.3, -0.25) is 19.3 Å². The Bertz CT molecular complexity index is 2070. The second-order valence-electron chi connectivity index (χ2n) is 16.4. The maximum atomic E-state index is 14.3. The molecule has 0 saturated carbocycles. The monoisotopic (exact) mass is 781 g/mol. The summed E-state index contributed by atoms with van der Waals surface area (Å²) in [6.45, 7) is 10.9. The van der Waals surface area contributed by atoms with Gasteiger partial charge in [-0.05, 0) is 61.4 Å². The molecule has 3 amide bonds. The summed E-state index contributed by atoms with van der Waals surface area (Å²) in [4.78, 5) is 53.1. The predicted octanol–water partition coefficient (Wildman–Crippen LogP) is 3.89. The molecule has 2 aromatic heterocycles. The van der Waals surface area contributed by atoms with Crippen molar-refractivity contribution in [2.75, 3.05) is 36.8 Å². The Morgan fingerprint density at radius 2 is 1.70 bits per heavy atom. The number of benzene rings is 2. The fourth-order valence-electron chi connectivity index (χ4n) is 8.30. The number of fused-ring (bicyclic) bond motifs is 2. The zero-order valence-electron chi connectivity index (χ0n) is 32.5. The van der Waals surface area contributed by atoms with E-state index >= 15 is 0 Å². The Hall–Kier alpha value is -5.12. The molecule has 3 aliphatic heterocycles. The second-order valence-corrected chi connectivity index (χ2v) is 17.2. The Morgan fingerprint density at radius 1 is 1.00 bits per heavy atom. The van der Waals surface area contributed by atoms with Crippen molar-refractivity contribution >= 4 is 40.6 Å². The van der Waals surface area contributed by atoms with Gasteiger partial charge in [-0.15, -0.1) is 21.5 Å². The highest BCUT2D eigenvalue weighted by atomic mass is 32.1. The number of anilines is 2. The number of phenols is 1. The number of para-hydroxylation sites is 1. The van der Waals surface area contributed by atoms with Gasteiger partial charge >= 0.3 is 0 Å². The quantitative estimate of drug-likeness (QED) is 0.157. The number of β-amino-alcohol motifs (C(OH)–C–C–N with tert-alkyl or cyclic N) is 1. The van der Waals surface area contributed by atoms with Crippen molar-refractivity contribution in [3.8, 4) is 27.4 Å². The van der Waals surface area contributed by atoms with Gasteiger partial charge in [0.15, 0.2) is 5.82 Å². The first-order valence-corrected chi connectivity index (χ1v) is 20.1. The number of likely N-dealkylation sites (tertiary alicyclic amines) is 1. The minimum atomic E-state index is -0.926. The third-order valence-corrected chi connectivity index (χ3v) is 12.3. The molecule has 296 valence electrons. The van der Waals surface area contributed by atoms with E-state index in [0.29, 0.717) is 30.2 Å². The first-order chi connectivity index (χ1) is 26.7. The molecule has 0 aliphatic carbocycles. The maximum absolute atomic E-state index is 14.3. The van der Waals surface area contributed by atoms with E-state index in [-0.39, 0.29) is 55.2 Å². The number of carbonyl (C=O) groups is 3. The van der Waals surface area contributed by atoms with Gasteiger partial charge in [0, 0.05) is 43.7 Å². The second kappa shape index (κ2) is 15.8. The number of thiazole rings is 1. The van der Waals surface area contributed by atoms with E-state index in [4.69, 9.17) is 5.73 Å². The zero-order valence-corrected chi connectivity index (χ0v) is 33.3. The summed E-state index contributed by atoms with van der Waals surface area (Å²) >= 11 is 1.58. The third-order valence-electron chi connectivity index (χ3n) is 11.3. The minimum Gasteiger partial charge on any atom is -0.507 e. The van der Waals surface area contributed by atoms with Crippen molar-refractivity contribution < 1.29 is 24.6 Å². The number of piperazine rings is 1. The summed E-state index contributed by atoms with van der Waals surface area (Å²) < 4.78 is 0. The Labute approximate surface area is 331 Å². The first kappa shape index (κ1) is 39.1. The summed E-state index contributed by atoms with van der Waals surface area (Å²) in [5.41, 5.74) is 12.2. The molecule has 14 nitrogen and oxygen atoms in total. The van der Waals surface area contributed by atoms with Gasteiger partial charge < -0.3 is 36.4 Å². The summed E-state index contributed by atoms with van der Waals surface area (Å²) in [7, 11) is 0. The Kier molecular flexibility index (Phi) is 11.0. The topological polar surface area (TPSA) is 190 Å². The van der Waals surface area contributed by atoms with Crippen molar-refractivity contribution in [2.24, 2.45) is 5.41 Å². The number of aryl methyl sites for hydroxylation is 1. The number of rotatable bonds is 10. The van der Waals surface area contributed by atoms with Crippen molar-refractivity contribution in [3.05, 3.63) is 71.4 Å². The SMILES string of the molecule is Cc1ncsc1-c1ccc(C(C)NC(=O)[C@@H]2C[C@@H](O)CN2C(=O)C(NC(=O)CN2C3CCC2CN(c2cc(-c4ccccc4O)nnc2N)C3)C(C)(C)C)cc1. The van der Waals surface area contributed by atoms with Crippen LogP contribution in [0.3, 0.4) is 0 Å². The Balaban J connectivity index is 0.991. The molecule has 3 aliphatic rings. The fourth-order valence-corrected chi connectivity index (χ4v) is 9.11. The number of nitrogens with two attached hydrogens (primary N) is 1. The number of hydrogen-bond donors (Lipinski definition) is 5. The van der Waals surface area contributed by atoms with E-state index in [0.717, 1.165) is 40.2 Å². The van der Waals surface area contributed by atoms with E-state index in [1.165, 1.54) is 4.90 Å². The van der Waals surface area contributed by atoms with Gasteiger partial charge in [0.25, 0.3) is 0 Å². The Morgan fingerprint density at radius 3 is 2.34 bits per heavy atom. The molecule has 6 atom stereocenters. The normalized spacial score (nSPS) is 22.2.